The van der Waals surface area contributed by atoms with Crippen molar-refractivity contribution in [2.75, 3.05) is 0 Å². The van der Waals surface area contributed by atoms with E-state index in [0.717, 1.165) is 16.6 Å². The van der Waals surface area contributed by atoms with E-state index < -0.39 is 10.0 Å². The zero-order chi connectivity index (χ0) is 21.6. The third-order valence-corrected chi connectivity index (χ3v) is 6.51. The van der Waals surface area contributed by atoms with Gasteiger partial charge in [-0.1, -0.05) is 54.1 Å². The highest BCUT2D eigenvalue weighted by Crippen LogP contribution is 2.28. The number of fused-ring (bicyclic) bond motifs is 2. The van der Waals surface area contributed by atoms with Crippen molar-refractivity contribution in [3.05, 3.63) is 102 Å². The third-order valence-electron chi connectivity index (χ3n) is 5.20. The number of imidazole rings is 1. The molecule has 0 spiro atoms. The van der Waals surface area contributed by atoms with Crippen molar-refractivity contribution in [1.82, 2.24) is 9.55 Å². The number of sulfonamides is 1. The van der Waals surface area contributed by atoms with Gasteiger partial charge < -0.3 is 0 Å². The summed E-state index contributed by atoms with van der Waals surface area (Å²) in [4.78, 5) is 17.7. The number of Topliss-reactive ketones (excluding diaryl/α,β-unsaturated/α-hetero) is 1. The highest BCUT2D eigenvalue weighted by Gasteiger charge is 2.27. The summed E-state index contributed by atoms with van der Waals surface area (Å²) in [7, 11) is -3.96. The van der Waals surface area contributed by atoms with Gasteiger partial charge >= 0.3 is 0 Å². The second-order valence-electron chi connectivity index (χ2n) is 7.27. The number of aromatic nitrogens is 2. The fourth-order valence-corrected chi connectivity index (χ4v) is 4.61. The molecule has 1 heterocycles. The van der Waals surface area contributed by atoms with Crippen LogP contribution in [0.2, 0.25) is 0 Å². The number of carbonyl (C=O) groups is 1. The first-order chi connectivity index (χ1) is 14.9. The van der Waals surface area contributed by atoms with E-state index in [1.807, 2.05) is 31.2 Å². The van der Waals surface area contributed by atoms with Crippen LogP contribution in [0.5, 0.6) is 0 Å². The Morgan fingerprint density at radius 1 is 0.871 bits per heavy atom. The molecule has 0 radical (unpaired) electrons. The molecule has 31 heavy (non-hydrogen) atoms. The Balaban J connectivity index is 1.72. The Bertz CT molecular complexity index is 1510. The quantitative estimate of drug-likeness (QED) is 0.489. The molecular formula is C24H17N3O3S. The van der Waals surface area contributed by atoms with Gasteiger partial charge in [0, 0.05) is 11.1 Å². The molecule has 0 bridgehead atoms. The molecule has 1 aliphatic carbocycles. The second-order valence-corrected chi connectivity index (χ2v) is 8.88. The van der Waals surface area contributed by atoms with E-state index in [1.165, 1.54) is 18.2 Å². The molecule has 0 saturated carbocycles. The number of carbonyl (C=O) groups excluding carboxylic acids is 1. The van der Waals surface area contributed by atoms with Crippen LogP contribution < -0.4 is 0 Å². The minimum absolute atomic E-state index is 0.100. The van der Waals surface area contributed by atoms with E-state index >= 15 is 0 Å². The molecule has 0 aliphatic heterocycles. The summed E-state index contributed by atoms with van der Waals surface area (Å²) in [5, 5.41) is 0. The number of benzene rings is 3. The molecule has 0 unspecified atom stereocenters. The van der Waals surface area contributed by atoms with Gasteiger partial charge in [-0.05, 0) is 37.3 Å². The Morgan fingerprint density at radius 3 is 2.32 bits per heavy atom. The lowest BCUT2D eigenvalue weighted by molar-refractivity contribution is 0.105. The molecule has 5 rings (SSSR count). The predicted molar refractivity (Wildman–Crippen MR) is 120 cm³/mol. The number of hydrogen-bond acceptors (Lipinski definition) is 4. The molecule has 0 saturated heterocycles. The highest BCUT2D eigenvalue weighted by atomic mass is 32.2. The number of rotatable bonds is 3. The standard InChI is InChI=1S/C24H17N3O3S/c1-16-10-12-17(13-11-16)31(29,30)26-21-14-23(24(28)19-7-3-2-6-18(19)21)27-15-25-20-8-4-5-9-22(20)27/h2-15H,1H3/b26-21+. The molecule has 1 aliphatic rings. The molecule has 0 N–H and O–H groups in total. The Hall–Kier alpha value is -3.84. The summed E-state index contributed by atoms with van der Waals surface area (Å²) in [6.07, 6.45) is 3.08. The molecule has 152 valence electrons. The van der Waals surface area contributed by atoms with Crippen LogP contribution >= 0.6 is 0 Å². The summed E-state index contributed by atoms with van der Waals surface area (Å²) in [5.41, 5.74) is 3.83. The number of allylic oxidation sites excluding steroid dienone is 2. The van der Waals surface area contributed by atoms with Gasteiger partial charge in [0.1, 0.15) is 6.33 Å². The van der Waals surface area contributed by atoms with Crippen LogP contribution in [-0.4, -0.2) is 29.5 Å². The van der Waals surface area contributed by atoms with Gasteiger partial charge in [-0.2, -0.15) is 12.8 Å². The van der Waals surface area contributed by atoms with Crippen molar-refractivity contribution in [3.8, 4) is 0 Å². The van der Waals surface area contributed by atoms with Gasteiger partial charge in [0.05, 0.1) is 27.3 Å². The number of nitrogens with zero attached hydrogens (tertiary/aromatic N) is 3. The first-order valence-electron chi connectivity index (χ1n) is 9.64. The normalized spacial score (nSPS) is 15.2. The first-order valence-corrected chi connectivity index (χ1v) is 11.1. The first kappa shape index (κ1) is 19.1. The number of ketones is 1. The molecule has 1 aromatic heterocycles. The van der Waals surface area contributed by atoms with Crippen molar-refractivity contribution in [3.63, 3.8) is 0 Å². The smallest absolute Gasteiger partial charge is 0.282 e. The van der Waals surface area contributed by atoms with E-state index in [4.69, 9.17) is 0 Å². The van der Waals surface area contributed by atoms with Crippen molar-refractivity contribution in [1.29, 1.82) is 0 Å². The van der Waals surface area contributed by atoms with E-state index in [0.29, 0.717) is 16.8 Å². The molecule has 3 aromatic carbocycles. The van der Waals surface area contributed by atoms with Crippen LogP contribution in [0.4, 0.5) is 0 Å². The Morgan fingerprint density at radius 2 is 1.55 bits per heavy atom. The van der Waals surface area contributed by atoms with E-state index in [1.54, 1.807) is 47.3 Å². The average Bonchev–Trinajstić information content (AvgIpc) is 3.20. The molecule has 0 amide bonds. The summed E-state index contributed by atoms with van der Waals surface area (Å²) in [5.74, 6) is -0.217. The molecular weight excluding hydrogens is 410 g/mol. The van der Waals surface area contributed by atoms with Gasteiger partial charge in [0.2, 0.25) is 5.78 Å². The average molecular weight is 427 g/mol. The minimum Gasteiger partial charge on any atom is -0.295 e. The zero-order valence-corrected chi connectivity index (χ0v) is 17.4. The van der Waals surface area contributed by atoms with Gasteiger partial charge in [0.15, 0.2) is 0 Å². The SMILES string of the molecule is Cc1ccc(S(=O)(=O)/N=C2\C=C(n3cnc4ccccc43)C(=O)c3ccccc32)cc1. The summed E-state index contributed by atoms with van der Waals surface area (Å²) < 4.78 is 31.8. The maximum Gasteiger partial charge on any atom is 0.282 e. The molecule has 4 aromatic rings. The monoisotopic (exact) mass is 427 g/mol. The molecule has 0 fully saturated rings. The molecule has 6 nitrogen and oxygen atoms in total. The predicted octanol–water partition coefficient (Wildman–Crippen LogP) is 4.26. The molecule has 7 heteroatoms. The van der Waals surface area contributed by atoms with Crippen LogP contribution in [0.3, 0.4) is 0 Å². The van der Waals surface area contributed by atoms with Crippen LogP contribution in [0, 0.1) is 6.92 Å². The third kappa shape index (κ3) is 3.29. The number of hydrogen-bond donors (Lipinski definition) is 0. The van der Waals surface area contributed by atoms with Crippen LogP contribution in [0.1, 0.15) is 21.5 Å². The Labute approximate surface area is 179 Å². The van der Waals surface area contributed by atoms with Gasteiger partial charge in [-0.3, -0.25) is 9.36 Å². The van der Waals surface area contributed by atoms with Gasteiger partial charge in [-0.15, -0.1) is 0 Å². The maximum atomic E-state index is 13.3. The largest absolute Gasteiger partial charge is 0.295 e. The highest BCUT2D eigenvalue weighted by molar-refractivity contribution is 7.90. The van der Waals surface area contributed by atoms with Crippen LogP contribution in [-0.2, 0) is 10.0 Å². The summed E-state index contributed by atoms with van der Waals surface area (Å²) in [6, 6.07) is 20.8. The van der Waals surface area contributed by atoms with Crippen LogP contribution in [0.25, 0.3) is 16.7 Å². The van der Waals surface area contributed by atoms with Crippen molar-refractivity contribution >= 4 is 38.2 Å². The summed E-state index contributed by atoms with van der Waals surface area (Å²) >= 11 is 0. The molecule has 0 atom stereocenters. The maximum absolute atomic E-state index is 13.3. The Kier molecular flexibility index (Phi) is 4.41. The topological polar surface area (TPSA) is 81.4 Å². The lowest BCUT2D eigenvalue weighted by Gasteiger charge is -2.18. The zero-order valence-electron chi connectivity index (χ0n) is 16.6. The van der Waals surface area contributed by atoms with E-state index in [-0.39, 0.29) is 16.4 Å². The van der Waals surface area contributed by atoms with E-state index in [2.05, 4.69) is 9.38 Å². The minimum atomic E-state index is -3.96. The van der Waals surface area contributed by atoms with Gasteiger partial charge in [-0.25, -0.2) is 4.98 Å². The van der Waals surface area contributed by atoms with Crippen LogP contribution in [0.15, 0.2) is 94.5 Å². The fourth-order valence-electron chi connectivity index (χ4n) is 3.61. The second kappa shape index (κ2) is 7.14. The van der Waals surface area contributed by atoms with Crippen molar-refractivity contribution < 1.29 is 13.2 Å². The van der Waals surface area contributed by atoms with Gasteiger partial charge in [0.25, 0.3) is 10.0 Å². The lowest BCUT2D eigenvalue weighted by atomic mass is 9.92. The van der Waals surface area contributed by atoms with Crippen molar-refractivity contribution in [2.24, 2.45) is 4.40 Å². The van der Waals surface area contributed by atoms with E-state index in [9.17, 15) is 13.2 Å². The number of aryl methyl sites for hydroxylation is 1. The lowest BCUT2D eigenvalue weighted by Crippen LogP contribution is -2.20. The fraction of sp³-hybridized carbons (Fsp3) is 0.0417. The number of para-hydroxylation sites is 2. The van der Waals surface area contributed by atoms with Crippen molar-refractivity contribution in [2.45, 2.75) is 11.8 Å². The summed E-state index contributed by atoms with van der Waals surface area (Å²) in [6.45, 7) is 1.88.